The van der Waals surface area contributed by atoms with Crippen molar-refractivity contribution in [3.63, 3.8) is 0 Å². The molecule has 0 spiro atoms. The molecule has 3 aromatic carbocycles. The van der Waals surface area contributed by atoms with Gasteiger partial charge in [-0.15, -0.1) is 0 Å². The molecule has 0 unspecified atom stereocenters. The number of phenolic OH excluding ortho intramolecular Hbond substituents is 2. The van der Waals surface area contributed by atoms with Gasteiger partial charge in [0.1, 0.15) is 11.5 Å². The maximum absolute atomic E-state index is 12.5. The minimum Gasteiger partial charge on any atom is -0.504 e. The van der Waals surface area contributed by atoms with Crippen molar-refractivity contribution in [3.05, 3.63) is 88.3 Å². The lowest BCUT2D eigenvalue weighted by atomic mass is 10.0. The van der Waals surface area contributed by atoms with E-state index in [2.05, 4.69) is 5.32 Å². The van der Waals surface area contributed by atoms with Crippen LogP contribution < -0.4 is 15.7 Å². The van der Waals surface area contributed by atoms with E-state index >= 15 is 0 Å². The second-order valence-electron chi connectivity index (χ2n) is 6.97. The van der Waals surface area contributed by atoms with Crippen molar-refractivity contribution < 1.29 is 24.2 Å². The van der Waals surface area contributed by atoms with Gasteiger partial charge in [0.25, 0.3) is 0 Å². The monoisotopic (exact) mass is 417 g/mol. The van der Waals surface area contributed by atoms with Crippen molar-refractivity contribution in [2.45, 2.75) is 13.3 Å². The first-order chi connectivity index (χ1) is 14.9. The first-order valence-electron chi connectivity index (χ1n) is 9.52. The summed E-state index contributed by atoms with van der Waals surface area (Å²) in [5, 5.41) is 22.7. The van der Waals surface area contributed by atoms with E-state index in [1.165, 1.54) is 12.1 Å². The standard InChI is InChI=1S/C24H19NO6/c1-14-18-11-12-20(26)22(28)23(18)31-24(29)19(14)13-21(27)25-15-7-9-17(10-8-15)30-16-5-3-2-4-6-16/h2-12,26,28H,13H2,1H3,(H,25,27). The zero-order valence-electron chi connectivity index (χ0n) is 16.6. The average Bonchev–Trinajstić information content (AvgIpc) is 2.76. The van der Waals surface area contributed by atoms with Crippen molar-refractivity contribution in [2.75, 3.05) is 5.32 Å². The number of aryl methyl sites for hydroxylation is 1. The summed E-state index contributed by atoms with van der Waals surface area (Å²) in [6.07, 6.45) is -0.200. The molecular formula is C24H19NO6. The molecule has 4 aromatic rings. The molecule has 4 rings (SSSR count). The van der Waals surface area contributed by atoms with E-state index in [0.717, 1.165) is 0 Å². The molecule has 0 atom stereocenters. The highest BCUT2D eigenvalue weighted by atomic mass is 16.5. The largest absolute Gasteiger partial charge is 0.504 e. The predicted octanol–water partition coefficient (Wildman–Crippen LogP) is 4.49. The molecule has 3 N–H and O–H groups in total. The highest BCUT2D eigenvalue weighted by Gasteiger charge is 2.18. The van der Waals surface area contributed by atoms with Gasteiger partial charge in [0.05, 0.1) is 12.0 Å². The Hall–Kier alpha value is -4.26. The van der Waals surface area contributed by atoms with Gasteiger partial charge in [-0.05, 0) is 61.0 Å². The van der Waals surface area contributed by atoms with E-state index in [1.807, 2.05) is 30.3 Å². The number of aromatic hydroxyl groups is 2. The number of phenols is 2. The number of hydrogen-bond donors (Lipinski definition) is 3. The van der Waals surface area contributed by atoms with E-state index in [9.17, 15) is 19.8 Å². The molecule has 7 nitrogen and oxygen atoms in total. The maximum atomic E-state index is 12.5. The Bertz CT molecular complexity index is 1310. The molecule has 0 saturated heterocycles. The van der Waals surface area contributed by atoms with Crippen LogP contribution in [0.2, 0.25) is 0 Å². The molecule has 7 heteroatoms. The molecule has 0 saturated carbocycles. The number of fused-ring (bicyclic) bond motifs is 1. The minimum atomic E-state index is -0.743. The van der Waals surface area contributed by atoms with Crippen LogP contribution in [0.25, 0.3) is 11.0 Å². The number of carbonyl (C=O) groups is 1. The van der Waals surface area contributed by atoms with Crippen molar-refractivity contribution >= 4 is 22.6 Å². The third kappa shape index (κ3) is 4.20. The first kappa shape index (κ1) is 20.0. The summed E-state index contributed by atoms with van der Waals surface area (Å²) in [5.74, 6) is 0.0386. The van der Waals surface area contributed by atoms with Gasteiger partial charge in [0.2, 0.25) is 11.7 Å². The number of amides is 1. The molecule has 0 aliphatic carbocycles. The van der Waals surface area contributed by atoms with Crippen LogP contribution in [0, 0.1) is 6.92 Å². The van der Waals surface area contributed by atoms with Crippen LogP contribution in [0.5, 0.6) is 23.0 Å². The normalized spacial score (nSPS) is 10.7. The third-order valence-corrected chi connectivity index (χ3v) is 4.86. The number of benzene rings is 3. The Morgan fingerprint density at radius 3 is 2.35 bits per heavy atom. The van der Waals surface area contributed by atoms with Gasteiger partial charge in [-0.2, -0.15) is 0 Å². The maximum Gasteiger partial charge on any atom is 0.340 e. The lowest BCUT2D eigenvalue weighted by Gasteiger charge is -2.10. The Morgan fingerprint density at radius 2 is 1.65 bits per heavy atom. The molecule has 0 bridgehead atoms. The van der Waals surface area contributed by atoms with Gasteiger partial charge < -0.3 is 24.7 Å². The number of para-hydroxylation sites is 1. The fraction of sp³-hybridized carbons (Fsp3) is 0.0833. The minimum absolute atomic E-state index is 0.110. The Morgan fingerprint density at radius 1 is 0.968 bits per heavy atom. The summed E-state index contributed by atoms with van der Waals surface area (Å²) < 4.78 is 10.9. The topological polar surface area (TPSA) is 109 Å². The molecule has 0 radical (unpaired) electrons. The Labute approximate surface area is 177 Å². The molecule has 1 amide bonds. The van der Waals surface area contributed by atoms with E-state index in [4.69, 9.17) is 9.15 Å². The fourth-order valence-corrected chi connectivity index (χ4v) is 3.23. The Balaban J connectivity index is 1.49. The number of carbonyl (C=O) groups excluding carboxylic acids is 1. The lowest BCUT2D eigenvalue weighted by molar-refractivity contribution is -0.115. The molecule has 0 aliphatic heterocycles. The summed E-state index contributed by atoms with van der Waals surface area (Å²) in [6, 6.07) is 19.0. The van der Waals surface area contributed by atoms with Crippen LogP contribution in [0.1, 0.15) is 11.1 Å². The van der Waals surface area contributed by atoms with E-state index in [-0.39, 0.29) is 23.3 Å². The quantitative estimate of drug-likeness (QED) is 0.326. The van der Waals surface area contributed by atoms with Gasteiger partial charge in [-0.1, -0.05) is 18.2 Å². The van der Waals surface area contributed by atoms with Gasteiger partial charge >= 0.3 is 5.63 Å². The molecule has 31 heavy (non-hydrogen) atoms. The fourth-order valence-electron chi connectivity index (χ4n) is 3.23. The summed E-state index contributed by atoms with van der Waals surface area (Å²) in [7, 11) is 0. The first-order valence-corrected chi connectivity index (χ1v) is 9.52. The highest BCUT2D eigenvalue weighted by molar-refractivity contribution is 5.94. The number of rotatable bonds is 5. The Kier molecular flexibility index (Phi) is 5.32. The summed E-state index contributed by atoms with van der Waals surface area (Å²) in [5.41, 5.74) is 0.381. The van der Waals surface area contributed by atoms with Crippen molar-refractivity contribution in [1.82, 2.24) is 0 Å². The SMILES string of the molecule is Cc1c(CC(=O)Nc2ccc(Oc3ccccc3)cc2)c(=O)oc2c(O)c(O)ccc12. The van der Waals surface area contributed by atoms with Gasteiger partial charge in [-0.3, -0.25) is 4.79 Å². The van der Waals surface area contributed by atoms with Crippen LogP contribution in [0.15, 0.2) is 75.9 Å². The third-order valence-electron chi connectivity index (χ3n) is 4.86. The number of nitrogens with one attached hydrogen (secondary N) is 1. The van der Waals surface area contributed by atoms with Crippen LogP contribution in [-0.4, -0.2) is 16.1 Å². The van der Waals surface area contributed by atoms with Crippen LogP contribution in [-0.2, 0) is 11.2 Å². The van der Waals surface area contributed by atoms with Crippen LogP contribution in [0.4, 0.5) is 5.69 Å². The molecule has 0 aliphatic rings. The van der Waals surface area contributed by atoms with Crippen molar-refractivity contribution in [2.24, 2.45) is 0 Å². The summed E-state index contributed by atoms with van der Waals surface area (Å²) in [4.78, 5) is 24.9. The van der Waals surface area contributed by atoms with E-state index in [1.54, 1.807) is 31.2 Å². The highest BCUT2D eigenvalue weighted by Crippen LogP contribution is 2.34. The van der Waals surface area contributed by atoms with Crippen molar-refractivity contribution in [3.8, 4) is 23.0 Å². The molecule has 1 heterocycles. The second-order valence-corrected chi connectivity index (χ2v) is 6.97. The predicted molar refractivity (Wildman–Crippen MR) is 116 cm³/mol. The van der Waals surface area contributed by atoms with Crippen LogP contribution in [0.3, 0.4) is 0 Å². The smallest absolute Gasteiger partial charge is 0.340 e. The van der Waals surface area contributed by atoms with Crippen molar-refractivity contribution in [1.29, 1.82) is 0 Å². The lowest BCUT2D eigenvalue weighted by Crippen LogP contribution is -2.20. The number of anilines is 1. The van der Waals surface area contributed by atoms with E-state index < -0.39 is 17.3 Å². The zero-order chi connectivity index (χ0) is 22.0. The zero-order valence-corrected chi connectivity index (χ0v) is 16.6. The number of ether oxygens (including phenoxy) is 1. The number of hydrogen-bond acceptors (Lipinski definition) is 6. The molecule has 0 fully saturated rings. The van der Waals surface area contributed by atoms with Crippen LogP contribution >= 0.6 is 0 Å². The molecular weight excluding hydrogens is 398 g/mol. The molecule has 156 valence electrons. The summed E-state index contributed by atoms with van der Waals surface area (Å²) in [6.45, 7) is 1.66. The second kappa shape index (κ2) is 8.23. The van der Waals surface area contributed by atoms with Gasteiger partial charge in [0.15, 0.2) is 11.3 Å². The van der Waals surface area contributed by atoms with Gasteiger partial charge in [0, 0.05) is 11.1 Å². The summed E-state index contributed by atoms with van der Waals surface area (Å²) >= 11 is 0. The van der Waals surface area contributed by atoms with E-state index in [0.29, 0.717) is 28.1 Å². The average molecular weight is 417 g/mol. The van der Waals surface area contributed by atoms with Gasteiger partial charge in [-0.25, -0.2) is 4.79 Å². The molecule has 1 aromatic heterocycles.